The van der Waals surface area contributed by atoms with Crippen molar-refractivity contribution in [2.24, 2.45) is 0 Å². The minimum atomic E-state index is 0.486. The van der Waals surface area contributed by atoms with E-state index in [2.05, 4.69) is 65.5 Å². The third kappa shape index (κ3) is 3.35. The molecule has 2 atom stereocenters. The second-order valence-electron chi connectivity index (χ2n) is 6.13. The van der Waals surface area contributed by atoms with Gasteiger partial charge in [0.2, 0.25) is 0 Å². The van der Waals surface area contributed by atoms with E-state index >= 15 is 0 Å². The lowest BCUT2D eigenvalue weighted by Gasteiger charge is -2.25. The van der Waals surface area contributed by atoms with Crippen molar-refractivity contribution in [2.45, 2.75) is 58.2 Å². The highest BCUT2D eigenvalue weighted by atomic mass is 15.3. The molecule has 3 heteroatoms. The molecule has 0 spiro atoms. The second kappa shape index (κ2) is 6.44. The molecular weight excluding hydrogens is 258 g/mol. The number of rotatable bonds is 5. The average Bonchev–Trinajstić information content (AvgIpc) is 3.01. The lowest BCUT2D eigenvalue weighted by atomic mass is 9.88. The van der Waals surface area contributed by atoms with Crippen LogP contribution in [0.1, 0.15) is 49.6 Å². The Morgan fingerprint density at radius 3 is 2.90 bits per heavy atom. The van der Waals surface area contributed by atoms with E-state index in [1.165, 1.54) is 24.0 Å². The summed E-state index contributed by atoms with van der Waals surface area (Å²) >= 11 is 0. The van der Waals surface area contributed by atoms with Crippen LogP contribution >= 0.6 is 0 Å². The number of aromatic nitrogens is 2. The van der Waals surface area contributed by atoms with Gasteiger partial charge in [0.25, 0.3) is 0 Å². The molecule has 2 unspecified atom stereocenters. The molecule has 0 saturated carbocycles. The van der Waals surface area contributed by atoms with E-state index < -0.39 is 0 Å². The van der Waals surface area contributed by atoms with E-state index in [0.717, 1.165) is 25.1 Å². The summed E-state index contributed by atoms with van der Waals surface area (Å²) < 4.78 is 2.08. The smallest absolute Gasteiger partial charge is 0.0762 e. The molecule has 1 heterocycles. The van der Waals surface area contributed by atoms with Crippen LogP contribution in [0.4, 0.5) is 0 Å². The third-order valence-corrected chi connectivity index (χ3v) is 4.62. The zero-order valence-electron chi connectivity index (χ0n) is 13.0. The van der Waals surface area contributed by atoms with Crippen LogP contribution < -0.4 is 5.32 Å². The van der Waals surface area contributed by atoms with Crippen LogP contribution in [0.3, 0.4) is 0 Å². The third-order valence-electron chi connectivity index (χ3n) is 4.62. The van der Waals surface area contributed by atoms with E-state index in [4.69, 9.17) is 0 Å². The quantitative estimate of drug-likeness (QED) is 0.910. The molecule has 0 fully saturated rings. The highest BCUT2D eigenvalue weighted by Crippen LogP contribution is 2.21. The van der Waals surface area contributed by atoms with Gasteiger partial charge in [0.15, 0.2) is 0 Å². The molecule has 1 aromatic heterocycles. The second-order valence-corrected chi connectivity index (χ2v) is 6.13. The number of hydrogen-bond acceptors (Lipinski definition) is 2. The van der Waals surface area contributed by atoms with Crippen LogP contribution in [0, 0.1) is 0 Å². The molecule has 1 aliphatic carbocycles. The summed E-state index contributed by atoms with van der Waals surface area (Å²) in [6.07, 6.45) is 6.77. The van der Waals surface area contributed by atoms with Crippen LogP contribution in [-0.2, 0) is 19.4 Å². The zero-order chi connectivity index (χ0) is 14.7. The van der Waals surface area contributed by atoms with Crippen molar-refractivity contribution in [3.63, 3.8) is 0 Å². The molecule has 1 aliphatic rings. The summed E-state index contributed by atoms with van der Waals surface area (Å²) in [7, 11) is 0. The van der Waals surface area contributed by atoms with Gasteiger partial charge in [-0.3, -0.25) is 4.68 Å². The molecule has 1 N–H and O–H groups in total. The standard InChI is InChI=1S/C18H25N3/c1-3-14(2)21-11-10-18(20-21)13-19-17-9-8-15-6-4-5-7-16(15)12-17/h4-7,10-11,14,17,19H,3,8-9,12-13H2,1-2H3. The number of nitrogens with zero attached hydrogens (tertiary/aromatic N) is 2. The minimum absolute atomic E-state index is 0.486. The van der Waals surface area contributed by atoms with Gasteiger partial charge < -0.3 is 5.32 Å². The highest BCUT2D eigenvalue weighted by molar-refractivity contribution is 5.30. The Balaban J connectivity index is 1.55. The molecule has 0 amide bonds. The Morgan fingerprint density at radius 2 is 2.10 bits per heavy atom. The summed E-state index contributed by atoms with van der Waals surface area (Å²) in [6.45, 7) is 5.28. The molecule has 2 aromatic rings. The van der Waals surface area contributed by atoms with Gasteiger partial charge in [-0.2, -0.15) is 5.10 Å². The summed E-state index contributed by atoms with van der Waals surface area (Å²) in [5.74, 6) is 0. The first kappa shape index (κ1) is 14.3. The van der Waals surface area contributed by atoms with Crippen molar-refractivity contribution >= 4 is 0 Å². The number of benzene rings is 1. The van der Waals surface area contributed by atoms with Crippen molar-refractivity contribution in [1.82, 2.24) is 15.1 Å². The van der Waals surface area contributed by atoms with E-state index in [1.807, 2.05) is 0 Å². The first-order valence-electron chi connectivity index (χ1n) is 8.10. The monoisotopic (exact) mass is 283 g/mol. The van der Waals surface area contributed by atoms with Crippen molar-refractivity contribution in [2.75, 3.05) is 0 Å². The van der Waals surface area contributed by atoms with E-state index in [-0.39, 0.29) is 0 Å². The number of hydrogen-bond donors (Lipinski definition) is 1. The van der Waals surface area contributed by atoms with Crippen molar-refractivity contribution in [3.05, 3.63) is 53.3 Å². The number of aryl methyl sites for hydroxylation is 1. The lowest BCUT2D eigenvalue weighted by Crippen LogP contribution is -2.34. The summed E-state index contributed by atoms with van der Waals surface area (Å²) in [6, 6.07) is 12.0. The molecule has 1 aromatic carbocycles. The fourth-order valence-electron chi connectivity index (χ4n) is 3.03. The van der Waals surface area contributed by atoms with Crippen molar-refractivity contribution in [3.8, 4) is 0 Å². The maximum atomic E-state index is 4.66. The van der Waals surface area contributed by atoms with E-state index in [9.17, 15) is 0 Å². The Morgan fingerprint density at radius 1 is 1.29 bits per heavy atom. The van der Waals surface area contributed by atoms with Gasteiger partial charge in [-0.15, -0.1) is 0 Å². The summed E-state index contributed by atoms with van der Waals surface area (Å²) in [5, 5.41) is 8.34. The molecular formula is C18H25N3. The molecule has 0 radical (unpaired) electrons. The van der Waals surface area contributed by atoms with E-state index in [0.29, 0.717) is 12.1 Å². The summed E-state index contributed by atoms with van der Waals surface area (Å²) in [5.41, 5.74) is 4.18. The highest BCUT2D eigenvalue weighted by Gasteiger charge is 2.17. The average molecular weight is 283 g/mol. The van der Waals surface area contributed by atoms with Crippen LogP contribution in [0.2, 0.25) is 0 Å². The van der Waals surface area contributed by atoms with Crippen molar-refractivity contribution in [1.29, 1.82) is 0 Å². The first-order valence-corrected chi connectivity index (χ1v) is 8.10. The molecule has 3 nitrogen and oxygen atoms in total. The topological polar surface area (TPSA) is 29.9 Å². The molecule has 0 aliphatic heterocycles. The predicted octanol–water partition coefficient (Wildman–Crippen LogP) is 3.50. The van der Waals surface area contributed by atoms with Gasteiger partial charge in [-0.1, -0.05) is 31.2 Å². The fourth-order valence-corrected chi connectivity index (χ4v) is 3.03. The van der Waals surface area contributed by atoms with Gasteiger partial charge in [0.1, 0.15) is 0 Å². The van der Waals surface area contributed by atoms with Gasteiger partial charge in [0.05, 0.1) is 5.69 Å². The van der Waals surface area contributed by atoms with Crippen LogP contribution in [0.25, 0.3) is 0 Å². The van der Waals surface area contributed by atoms with E-state index in [1.54, 1.807) is 0 Å². The number of fused-ring (bicyclic) bond motifs is 1. The SMILES string of the molecule is CCC(C)n1ccc(CNC2CCc3ccccc3C2)n1. The fraction of sp³-hybridized carbons (Fsp3) is 0.500. The Kier molecular flexibility index (Phi) is 4.39. The lowest BCUT2D eigenvalue weighted by molar-refractivity contribution is 0.442. The Bertz CT molecular complexity index is 588. The Hall–Kier alpha value is -1.61. The van der Waals surface area contributed by atoms with Gasteiger partial charge in [-0.25, -0.2) is 0 Å². The van der Waals surface area contributed by atoms with Gasteiger partial charge >= 0.3 is 0 Å². The molecule has 21 heavy (non-hydrogen) atoms. The summed E-state index contributed by atoms with van der Waals surface area (Å²) in [4.78, 5) is 0. The molecule has 0 bridgehead atoms. The molecule has 112 valence electrons. The van der Waals surface area contributed by atoms with Crippen molar-refractivity contribution < 1.29 is 0 Å². The predicted molar refractivity (Wildman–Crippen MR) is 86.3 cm³/mol. The molecule has 3 rings (SSSR count). The maximum Gasteiger partial charge on any atom is 0.0762 e. The maximum absolute atomic E-state index is 4.66. The first-order chi connectivity index (χ1) is 10.3. The normalized spacial score (nSPS) is 19.2. The van der Waals surface area contributed by atoms with Crippen LogP contribution in [0.5, 0.6) is 0 Å². The minimum Gasteiger partial charge on any atom is -0.308 e. The zero-order valence-corrected chi connectivity index (χ0v) is 13.0. The Labute approximate surface area is 127 Å². The number of nitrogens with one attached hydrogen (secondary N) is 1. The van der Waals surface area contributed by atoms with Gasteiger partial charge in [-0.05, 0) is 49.8 Å². The largest absolute Gasteiger partial charge is 0.308 e. The van der Waals surface area contributed by atoms with Gasteiger partial charge in [0, 0.05) is 24.8 Å². The molecule has 0 saturated heterocycles. The van der Waals surface area contributed by atoms with Crippen LogP contribution in [-0.4, -0.2) is 15.8 Å². The van der Waals surface area contributed by atoms with Crippen LogP contribution in [0.15, 0.2) is 36.5 Å².